The topological polar surface area (TPSA) is 83.6 Å². The summed E-state index contributed by atoms with van der Waals surface area (Å²) in [4.78, 5) is 9.22. The van der Waals surface area contributed by atoms with Crippen molar-refractivity contribution in [2.24, 2.45) is 9.98 Å². The van der Waals surface area contributed by atoms with Crippen LogP contribution >= 0.6 is 0 Å². The number of rotatable bonds is 5. The SMILES string of the molecule is CC(C)(C)c1ccc(O)c(C=Nc2ccccc2N=Cc2cc(B3OC(C)(C)C(C)(C)O3)ccc2O)c1. The minimum Gasteiger partial charge on any atom is -0.507 e. The molecule has 0 radical (unpaired) electrons. The van der Waals surface area contributed by atoms with E-state index in [2.05, 4.69) is 30.8 Å². The van der Waals surface area contributed by atoms with Gasteiger partial charge in [-0.1, -0.05) is 45.0 Å². The summed E-state index contributed by atoms with van der Waals surface area (Å²) in [7, 11) is -0.536. The summed E-state index contributed by atoms with van der Waals surface area (Å²) in [5, 5.41) is 20.8. The van der Waals surface area contributed by atoms with E-state index in [1.54, 1.807) is 30.6 Å². The Hall–Kier alpha value is -3.42. The normalized spacial score (nSPS) is 17.2. The quantitative estimate of drug-likeness (QED) is 0.324. The Labute approximate surface area is 219 Å². The molecule has 1 saturated heterocycles. The van der Waals surface area contributed by atoms with E-state index in [1.807, 2.05) is 70.2 Å². The Morgan fingerprint density at radius 1 is 0.730 bits per heavy atom. The molecule has 1 aliphatic rings. The molecule has 1 aliphatic heterocycles. The molecule has 0 aliphatic carbocycles. The van der Waals surface area contributed by atoms with Crippen LogP contribution < -0.4 is 5.46 Å². The second-order valence-corrected chi connectivity index (χ2v) is 11.4. The van der Waals surface area contributed by atoms with E-state index in [9.17, 15) is 10.2 Å². The third-order valence-corrected chi connectivity index (χ3v) is 7.04. The van der Waals surface area contributed by atoms with Gasteiger partial charge < -0.3 is 19.5 Å². The Morgan fingerprint density at radius 3 is 1.73 bits per heavy atom. The van der Waals surface area contributed by atoms with E-state index in [1.165, 1.54) is 0 Å². The summed E-state index contributed by atoms with van der Waals surface area (Å²) in [6.07, 6.45) is 3.26. The molecule has 6 nitrogen and oxygen atoms in total. The first kappa shape index (κ1) is 26.6. The Kier molecular flexibility index (Phi) is 7.06. The number of phenolic OH excluding ortho intramolecular Hbond substituents is 2. The molecule has 0 bridgehead atoms. The average Bonchev–Trinajstić information content (AvgIpc) is 3.04. The minimum atomic E-state index is -0.536. The van der Waals surface area contributed by atoms with E-state index >= 15 is 0 Å². The van der Waals surface area contributed by atoms with Gasteiger partial charge in [-0.15, -0.1) is 0 Å². The first-order chi connectivity index (χ1) is 17.3. The largest absolute Gasteiger partial charge is 0.507 e. The summed E-state index contributed by atoms with van der Waals surface area (Å²) >= 11 is 0. The standard InChI is InChI=1S/C30H35BN2O4/c1-28(2,3)22-12-14-26(34)20(16-22)18-32-24-10-8-9-11-25(24)33-19-21-17-23(13-15-27(21)35)31-36-29(4,5)30(6,7)37-31/h8-19,34-35H,1-7H3. The number of nitrogens with zero attached hydrogens (tertiary/aromatic N) is 2. The van der Waals surface area contributed by atoms with Gasteiger partial charge in [0.25, 0.3) is 0 Å². The lowest BCUT2D eigenvalue weighted by Gasteiger charge is -2.32. The van der Waals surface area contributed by atoms with Crippen LogP contribution in [0.15, 0.2) is 70.6 Å². The van der Waals surface area contributed by atoms with Gasteiger partial charge >= 0.3 is 7.12 Å². The van der Waals surface area contributed by atoms with Gasteiger partial charge in [0.1, 0.15) is 11.5 Å². The zero-order chi connectivity index (χ0) is 27.0. The maximum Gasteiger partial charge on any atom is 0.494 e. The fraction of sp³-hybridized carbons (Fsp3) is 0.333. The first-order valence-corrected chi connectivity index (χ1v) is 12.5. The molecule has 0 unspecified atom stereocenters. The number of benzene rings is 3. The number of aliphatic imine (C=N–C) groups is 2. The summed E-state index contributed by atoms with van der Waals surface area (Å²) < 4.78 is 12.3. The second kappa shape index (κ2) is 9.80. The Balaban J connectivity index is 1.60. The maximum atomic E-state index is 10.5. The number of hydrogen-bond acceptors (Lipinski definition) is 6. The maximum absolute atomic E-state index is 10.5. The lowest BCUT2D eigenvalue weighted by Crippen LogP contribution is -2.41. The molecule has 0 saturated carbocycles. The van der Waals surface area contributed by atoms with Crippen molar-refractivity contribution in [2.45, 2.75) is 65.1 Å². The molecule has 0 atom stereocenters. The summed E-state index contributed by atoms with van der Waals surface area (Å²) in [5.74, 6) is 0.274. The van der Waals surface area contributed by atoms with E-state index in [-0.39, 0.29) is 16.9 Å². The first-order valence-electron chi connectivity index (χ1n) is 12.5. The molecule has 4 rings (SSSR count). The van der Waals surface area contributed by atoms with Crippen molar-refractivity contribution in [3.05, 3.63) is 77.4 Å². The molecular weight excluding hydrogens is 463 g/mol. The van der Waals surface area contributed by atoms with Gasteiger partial charge in [-0.25, -0.2) is 0 Å². The van der Waals surface area contributed by atoms with Crippen molar-refractivity contribution < 1.29 is 19.5 Å². The summed E-state index contributed by atoms with van der Waals surface area (Å²) in [6, 6.07) is 18.3. The highest BCUT2D eigenvalue weighted by atomic mass is 16.7. The van der Waals surface area contributed by atoms with Crippen molar-refractivity contribution in [3.8, 4) is 11.5 Å². The van der Waals surface area contributed by atoms with Crippen molar-refractivity contribution >= 4 is 36.4 Å². The van der Waals surface area contributed by atoms with Crippen LogP contribution in [0.25, 0.3) is 0 Å². The van der Waals surface area contributed by atoms with Gasteiger partial charge in [-0.05, 0) is 80.5 Å². The van der Waals surface area contributed by atoms with Crippen LogP contribution in [-0.4, -0.2) is 41.0 Å². The van der Waals surface area contributed by atoms with Gasteiger partial charge in [0.2, 0.25) is 0 Å². The Bertz CT molecular complexity index is 1340. The molecular formula is C30H35BN2O4. The lowest BCUT2D eigenvalue weighted by molar-refractivity contribution is 0.00578. The third kappa shape index (κ3) is 5.79. The summed E-state index contributed by atoms with van der Waals surface area (Å²) in [6.45, 7) is 14.4. The van der Waals surface area contributed by atoms with E-state index < -0.39 is 18.3 Å². The van der Waals surface area contributed by atoms with Gasteiger partial charge in [-0.3, -0.25) is 9.98 Å². The van der Waals surface area contributed by atoms with Crippen LogP contribution in [0.5, 0.6) is 11.5 Å². The molecule has 37 heavy (non-hydrogen) atoms. The van der Waals surface area contributed by atoms with Crippen LogP contribution in [0.3, 0.4) is 0 Å². The molecule has 0 spiro atoms. The van der Waals surface area contributed by atoms with Gasteiger partial charge in [-0.2, -0.15) is 0 Å². The number of hydrogen-bond donors (Lipinski definition) is 2. The highest BCUT2D eigenvalue weighted by Gasteiger charge is 2.51. The second-order valence-electron chi connectivity index (χ2n) is 11.4. The van der Waals surface area contributed by atoms with Crippen molar-refractivity contribution in [3.63, 3.8) is 0 Å². The number of aromatic hydroxyl groups is 2. The van der Waals surface area contributed by atoms with Crippen LogP contribution in [0, 0.1) is 0 Å². The zero-order valence-electron chi connectivity index (χ0n) is 22.6. The molecule has 192 valence electrons. The molecule has 2 N–H and O–H groups in total. The molecule has 3 aromatic carbocycles. The zero-order valence-corrected chi connectivity index (χ0v) is 22.6. The predicted molar refractivity (Wildman–Crippen MR) is 152 cm³/mol. The highest BCUT2D eigenvalue weighted by Crippen LogP contribution is 2.37. The average molecular weight is 498 g/mol. The monoisotopic (exact) mass is 498 g/mol. The molecule has 0 amide bonds. The van der Waals surface area contributed by atoms with E-state index in [4.69, 9.17) is 9.31 Å². The molecule has 3 aromatic rings. The van der Waals surface area contributed by atoms with Gasteiger partial charge in [0.05, 0.1) is 22.6 Å². The molecule has 7 heteroatoms. The molecule has 0 aromatic heterocycles. The van der Waals surface area contributed by atoms with Gasteiger partial charge in [0.15, 0.2) is 0 Å². The fourth-order valence-electron chi connectivity index (χ4n) is 3.89. The fourth-order valence-corrected chi connectivity index (χ4v) is 3.89. The summed E-state index contributed by atoms with van der Waals surface area (Å²) in [5.41, 5.74) is 3.40. The van der Waals surface area contributed by atoms with Crippen LogP contribution in [0.4, 0.5) is 11.4 Å². The van der Waals surface area contributed by atoms with Crippen molar-refractivity contribution in [1.82, 2.24) is 0 Å². The van der Waals surface area contributed by atoms with E-state index in [0.717, 1.165) is 11.0 Å². The minimum absolute atomic E-state index is 0.0465. The predicted octanol–water partition coefficient (Wildman–Crippen LogP) is 6.20. The molecule has 1 heterocycles. The smallest absolute Gasteiger partial charge is 0.494 e. The lowest BCUT2D eigenvalue weighted by atomic mass is 9.78. The number of para-hydroxylation sites is 2. The van der Waals surface area contributed by atoms with Crippen molar-refractivity contribution in [1.29, 1.82) is 0 Å². The van der Waals surface area contributed by atoms with Crippen LogP contribution in [0.2, 0.25) is 0 Å². The highest BCUT2D eigenvalue weighted by molar-refractivity contribution is 6.62. The van der Waals surface area contributed by atoms with Crippen molar-refractivity contribution in [2.75, 3.05) is 0 Å². The molecule has 1 fully saturated rings. The van der Waals surface area contributed by atoms with Crippen LogP contribution in [-0.2, 0) is 14.7 Å². The van der Waals surface area contributed by atoms with E-state index in [0.29, 0.717) is 22.5 Å². The third-order valence-electron chi connectivity index (χ3n) is 7.04. The Morgan fingerprint density at radius 2 is 1.22 bits per heavy atom. The number of phenols is 2. The van der Waals surface area contributed by atoms with Crippen LogP contribution in [0.1, 0.15) is 65.2 Å². The van der Waals surface area contributed by atoms with Gasteiger partial charge in [0, 0.05) is 23.6 Å².